The lowest BCUT2D eigenvalue weighted by Crippen LogP contribution is -2.43. The van der Waals surface area contributed by atoms with E-state index in [1.54, 1.807) is 12.1 Å². The van der Waals surface area contributed by atoms with E-state index in [1.165, 1.54) is 19.2 Å². The molecule has 0 aliphatic rings. The van der Waals surface area contributed by atoms with Crippen LogP contribution in [0.15, 0.2) is 54.7 Å². The van der Waals surface area contributed by atoms with E-state index in [2.05, 4.69) is 10.3 Å². The number of rotatable bonds is 7. The van der Waals surface area contributed by atoms with Crippen molar-refractivity contribution < 1.29 is 22.7 Å². The van der Waals surface area contributed by atoms with Crippen molar-refractivity contribution in [3.05, 3.63) is 71.4 Å². The maximum atomic E-state index is 12.6. The maximum Gasteiger partial charge on any atom is 0.328 e. The summed E-state index contributed by atoms with van der Waals surface area (Å²) in [5.41, 5.74) is 2.75. The molecular weight excluding hydrogens is 392 g/mol. The summed E-state index contributed by atoms with van der Waals surface area (Å²) in [5.74, 6) is -1.08. The van der Waals surface area contributed by atoms with Gasteiger partial charge in [-0.25, -0.2) is 13.2 Å². The van der Waals surface area contributed by atoms with Crippen molar-refractivity contribution in [3.8, 4) is 0 Å². The van der Waals surface area contributed by atoms with Crippen molar-refractivity contribution >= 4 is 32.6 Å². The van der Waals surface area contributed by atoms with E-state index in [-0.39, 0.29) is 12.2 Å². The second-order valence-corrected chi connectivity index (χ2v) is 9.02. The molecule has 0 spiro atoms. The summed E-state index contributed by atoms with van der Waals surface area (Å²) in [6.07, 6.45) is 3.24. The second-order valence-electron chi connectivity index (χ2n) is 6.88. The number of amides is 1. The minimum Gasteiger partial charge on any atom is -0.467 e. The van der Waals surface area contributed by atoms with Crippen molar-refractivity contribution in [1.82, 2.24) is 10.3 Å². The van der Waals surface area contributed by atoms with Gasteiger partial charge in [-0.05, 0) is 29.3 Å². The Morgan fingerprint density at radius 3 is 2.45 bits per heavy atom. The van der Waals surface area contributed by atoms with Gasteiger partial charge in [0.15, 0.2) is 9.84 Å². The molecular formula is C21H22N2O5S. The number of nitrogens with one attached hydrogen (secondary N) is 2. The molecule has 2 aromatic carbocycles. The Hall–Kier alpha value is -3.13. The molecule has 3 aromatic rings. The molecule has 0 saturated heterocycles. The number of carbonyl (C=O) groups is 2. The number of para-hydroxylation sites is 1. The highest BCUT2D eigenvalue weighted by Gasteiger charge is 2.24. The fraction of sp³-hybridized carbons (Fsp3) is 0.238. The van der Waals surface area contributed by atoms with Crippen LogP contribution < -0.4 is 5.32 Å². The predicted molar refractivity (Wildman–Crippen MR) is 110 cm³/mol. The van der Waals surface area contributed by atoms with E-state index in [0.717, 1.165) is 22.7 Å². The van der Waals surface area contributed by atoms with Gasteiger partial charge in [-0.2, -0.15) is 0 Å². The standard InChI is InChI=1S/C21H22N2O5S/c1-28-21(25)19(11-16-12-22-18-6-4-3-5-17(16)18)23-20(24)15-9-7-14(8-10-15)13-29(2,26)27/h3-10,12,19,22H,11,13H2,1-2H3,(H,23,24)/t19-/m0/s1. The third kappa shape index (κ3) is 5.23. The molecule has 1 amide bonds. The number of esters is 1. The maximum absolute atomic E-state index is 12.6. The van der Waals surface area contributed by atoms with Crippen molar-refractivity contribution in [2.45, 2.75) is 18.2 Å². The summed E-state index contributed by atoms with van der Waals surface area (Å²) in [6.45, 7) is 0. The summed E-state index contributed by atoms with van der Waals surface area (Å²) in [6, 6.07) is 13.1. The van der Waals surface area contributed by atoms with Crippen LogP contribution in [0.5, 0.6) is 0 Å². The number of fused-ring (bicyclic) bond motifs is 1. The minimum atomic E-state index is -3.16. The van der Waals surface area contributed by atoms with Gasteiger partial charge in [-0.1, -0.05) is 30.3 Å². The van der Waals surface area contributed by atoms with E-state index >= 15 is 0 Å². The Morgan fingerprint density at radius 2 is 1.79 bits per heavy atom. The lowest BCUT2D eigenvalue weighted by atomic mass is 10.0. The zero-order valence-electron chi connectivity index (χ0n) is 16.1. The highest BCUT2D eigenvalue weighted by atomic mass is 32.2. The Kier molecular flexibility index (Phi) is 6.03. The minimum absolute atomic E-state index is 0.0970. The summed E-state index contributed by atoms with van der Waals surface area (Å²) < 4.78 is 27.6. The second kappa shape index (κ2) is 8.48. The number of hydrogen-bond donors (Lipinski definition) is 2. The van der Waals surface area contributed by atoms with Gasteiger partial charge >= 0.3 is 5.97 Å². The van der Waals surface area contributed by atoms with Crippen molar-refractivity contribution in [3.63, 3.8) is 0 Å². The Morgan fingerprint density at radius 1 is 1.10 bits per heavy atom. The average Bonchev–Trinajstić information content (AvgIpc) is 3.09. The van der Waals surface area contributed by atoms with Crippen LogP contribution in [0, 0.1) is 0 Å². The third-order valence-corrected chi connectivity index (χ3v) is 5.39. The SMILES string of the molecule is COC(=O)[C@H](Cc1c[nH]c2ccccc12)NC(=O)c1ccc(CS(C)(=O)=O)cc1. The number of carbonyl (C=O) groups excluding carboxylic acids is 2. The van der Waals surface area contributed by atoms with Crippen LogP contribution in [0.1, 0.15) is 21.5 Å². The monoisotopic (exact) mass is 414 g/mol. The van der Waals surface area contributed by atoms with Crippen LogP contribution >= 0.6 is 0 Å². The Balaban J connectivity index is 1.76. The Bertz CT molecular complexity index is 1130. The summed E-state index contributed by atoms with van der Waals surface area (Å²) >= 11 is 0. The number of ether oxygens (including phenoxy) is 1. The highest BCUT2D eigenvalue weighted by molar-refractivity contribution is 7.89. The summed E-state index contributed by atoms with van der Waals surface area (Å²) in [4.78, 5) is 28.0. The topological polar surface area (TPSA) is 105 Å². The quantitative estimate of drug-likeness (QED) is 0.577. The van der Waals surface area contributed by atoms with Crippen LogP contribution in [0.4, 0.5) is 0 Å². The molecule has 1 aromatic heterocycles. The molecule has 0 aliphatic heterocycles. The Labute approximate surface area is 169 Å². The first-order chi connectivity index (χ1) is 13.8. The van der Waals surface area contributed by atoms with Gasteiger partial charge < -0.3 is 15.0 Å². The molecule has 0 radical (unpaired) electrons. The van der Waals surface area contributed by atoms with Gasteiger partial charge in [0.05, 0.1) is 12.9 Å². The summed E-state index contributed by atoms with van der Waals surface area (Å²) in [7, 11) is -1.88. The van der Waals surface area contributed by atoms with E-state index < -0.39 is 27.8 Å². The molecule has 0 aliphatic carbocycles. The van der Waals surface area contributed by atoms with Gasteiger partial charge in [0.1, 0.15) is 6.04 Å². The van der Waals surface area contributed by atoms with Crippen molar-refractivity contribution in [2.24, 2.45) is 0 Å². The fourth-order valence-electron chi connectivity index (χ4n) is 3.15. The molecule has 152 valence electrons. The van der Waals surface area contributed by atoms with E-state index in [1.807, 2.05) is 30.5 Å². The van der Waals surface area contributed by atoms with Crippen LogP contribution in [0.2, 0.25) is 0 Å². The molecule has 0 saturated carbocycles. The molecule has 2 N–H and O–H groups in total. The lowest BCUT2D eigenvalue weighted by Gasteiger charge is -2.16. The molecule has 1 heterocycles. The molecule has 0 unspecified atom stereocenters. The van der Waals surface area contributed by atoms with Crippen LogP contribution in [0.3, 0.4) is 0 Å². The molecule has 7 nitrogen and oxygen atoms in total. The lowest BCUT2D eigenvalue weighted by molar-refractivity contribution is -0.142. The number of aromatic nitrogens is 1. The molecule has 0 fully saturated rings. The molecule has 29 heavy (non-hydrogen) atoms. The normalized spacial score (nSPS) is 12.5. The number of sulfone groups is 1. The van der Waals surface area contributed by atoms with E-state index in [4.69, 9.17) is 4.74 Å². The fourth-order valence-corrected chi connectivity index (χ4v) is 3.95. The van der Waals surface area contributed by atoms with Crippen molar-refractivity contribution in [1.29, 1.82) is 0 Å². The number of benzene rings is 2. The van der Waals surface area contributed by atoms with Crippen LogP contribution in [0.25, 0.3) is 10.9 Å². The van der Waals surface area contributed by atoms with Gasteiger partial charge in [0.25, 0.3) is 5.91 Å². The molecule has 3 rings (SSSR count). The highest BCUT2D eigenvalue weighted by Crippen LogP contribution is 2.19. The molecule has 8 heteroatoms. The van der Waals surface area contributed by atoms with Gasteiger partial charge in [0.2, 0.25) is 0 Å². The van der Waals surface area contributed by atoms with Crippen molar-refractivity contribution in [2.75, 3.05) is 13.4 Å². The van der Waals surface area contributed by atoms with Gasteiger partial charge in [0, 0.05) is 35.3 Å². The first-order valence-electron chi connectivity index (χ1n) is 8.97. The predicted octanol–water partition coefficient (Wildman–Crippen LogP) is 2.23. The zero-order chi connectivity index (χ0) is 21.0. The van der Waals surface area contributed by atoms with E-state index in [9.17, 15) is 18.0 Å². The first-order valence-corrected chi connectivity index (χ1v) is 11.0. The van der Waals surface area contributed by atoms with E-state index in [0.29, 0.717) is 11.1 Å². The van der Waals surface area contributed by atoms with Gasteiger partial charge in [-0.15, -0.1) is 0 Å². The smallest absolute Gasteiger partial charge is 0.328 e. The number of H-pyrrole nitrogens is 1. The molecule has 1 atom stereocenters. The van der Waals surface area contributed by atoms with Crippen LogP contribution in [-0.4, -0.2) is 44.7 Å². The average molecular weight is 414 g/mol. The van der Waals surface area contributed by atoms with Crippen LogP contribution in [-0.2, 0) is 31.5 Å². The third-order valence-electron chi connectivity index (χ3n) is 4.53. The molecule has 0 bridgehead atoms. The number of methoxy groups -OCH3 is 1. The summed E-state index contributed by atoms with van der Waals surface area (Å²) in [5, 5.41) is 3.68. The number of hydrogen-bond acceptors (Lipinski definition) is 5. The van der Waals surface area contributed by atoms with Gasteiger partial charge in [-0.3, -0.25) is 4.79 Å². The zero-order valence-corrected chi connectivity index (χ0v) is 17.0. The number of aromatic amines is 1. The first kappa shape index (κ1) is 20.6. The largest absolute Gasteiger partial charge is 0.467 e.